The van der Waals surface area contributed by atoms with E-state index in [1.165, 1.54) is 18.5 Å². The highest BCUT2D eigenvalue weighted by atomic mass is 31.1. The summed E-state index contributed by atoms with van der Waals surface area (Å²) in [6, 6.07) is 0. The Hall–Kier alpha value is -1.13. The van der Waals surface area contributed by atoms with Crippen LogP contribution in [0, 0.1) is 17.8 Å². The molecule has 0 aromatic heterocycles. The molecule has 0 aliphatic heterocycles. The Morgan fingerprint density at radius 3 is 1.00 bits per heavy atom. The van der Waals surface area contributed by atoms with Crippen LogP contribution >= 0.6 is 7.92 Å². The van der Waals surface area contributed by atoms with Gasteiger partial charge in [-0.25, -0.2) is 0 Å². The molecule has 19 heavy (non-hydrogen) atoms. The molecule has 0 nitrogen and oxygen atoms in total. The number of rotatable bonds is 6. The molecule has 0 amide bonds. The molecule has 3 aliphatic carbocycles. The van der Waals surface area contributed by atoms with E-state index in [0.29, 0.717) is 17.8 Å². The number of hydrogen-bond acceptors (Lipinski definition) is 0. The third-order valence-electron chi connectivity index (χ3n) is 3.89. The van der Waals surface area contributed by atoms with Crippen LogP contribution in [0.15, 0.2) is 72.9 Å². The van der Waals surface area contributed by atoms with E-state index >= 15 is 0 Å². The number of allylic oxidation sites excluding steroid dienone is 12. The summed E-state index contributed by atoms with van der Waals surface area (Å²) in [6.45, 7) is 0. The largest absolute Gasteiger partial charge is 0.104 e. The van der Waals surface area contributed by atoms with Gasteiger partial charge in [0.1, 0.15) is 0 Å². The highest BCUT2D eigenvalue weighted by molar-refractivity contribution is 7.57. The van der Waals surface area contributed by atoms with Crippen LogP contribution < -0.4 is 0 Å². The van der Waals surface area contributed by atoms with E-state index < -0.39 is 0 Å². The first-order valence-corrected chi connectivity index (χ1v) is 9.07. The van der Waals surface area contributed by atoms with Crippen LogP contribution in [-0.4, -0.2) is 18.5 Å². The van der Waals surface area contributed by atoms with Crippen LogP contribution in [-0.2, 0) is 0 Å². The van der Waals surface area contributed by atoms with Gasteiger partial charge < -0.3 is 0 Å². The second-order valence-corrected chi connectivity index (χ2v) is 7.96. The third kappa shape index (κ3) is 3.67. The van der Waals surface area contributed by atoms with E-state index in [2.05, 4.69) is 72.9 Å². The average Bonchev–Trinajstić information content (AvgIpc) is 3.10. The van der Waals surface area contributed by atoms with E-state index in [0.717, 1.165) is 0 Å². The summed E-state index contributed by atoms with van der Waals surface area (Å²) < 4.78 is 0. The lowest BCUT2D eigenvalue weighted by molar-refractivity contribution is 0.894. The van der Waals surface area contributed by atoms with Crippen molar-refractivity contribution in [1.29, 1.82) is 0 Å². The van der Waals surface area contributed by atoms with Gasteiger partial charge in [0.2, 0.25) is 0 Å². The van der Waals surface area contributed by atoms with Crippen LogP contribution in [0.1, 0.15) is 0 Å². The lowest BCUT2D eigenvalue weighted by Gasteiger charge is -2.24. The van der Waals surface area contributed by atoms with Gasteiger partial charge in [-0.2, -0.15) is 0 Å². The molecule has 1 heteroatoms. The second kappa shape index (κ2) is 6.35. The van der Waals surface area contributed by atoms with Gasteiger partial charge in [0.15, 0.2) is 0 Å². The maximum Gasteiger partial charge on any atom is -0.000797 e. The molecule has 0 heterocycles. The Bertz CT molecular complexity index is 369. The molecule has 0 bridgehead atoms. The van der Waals surface area contributed by atoms with Crippen molar-refractivity contribution in [2.24, 2.45) is 17.8 Å². The van der Waals surface area contributed by atoms with Crippen LogP contribution in [0.25, 0.3) is 0 Å². The van der Waals surface area contributed by atoms with Crippen LogP contribution in [0.3, 0.4) is 0 Å². The van der Waals surface area contributed by atoms with Gasteiger partial charge >= 0.3 is 0 Å². The topological polar surface area (TPSA) is 0 Å². The molecule has 0 fully saturated rings. The van der Waals surface area contributed by atoms with Crippen molar-refractivity contribution < 1.29 is 0 Å². The first-order valence-electron chi connectivity index (χ1n) is 7.17. The smallest absolute Gasteiger partial charge is 0.000797 e. The number of hydrogen-bond donors (Lipinski definition) is 0. The summed E-state index contributed by atoms with van der Waals surface area (Å²) in [5.74, 6) is 2.07. The monoisotopic (exact) mass is 268 g/mol. The molecular weight excluding hydrogens is 247 g/mol. The first kappa shape index (κ1) is 12.9. The van der Waals surface area contributed by atoms with Gasteiger partial charge in [-0.15, -0.1) is 7.92 Å². The van der Waals surface area contributed by atoms with Crippen molar-refractivity contribution in [3.05, 3.63) is 72.9 Å². The molecule has 0 spiro atoms. The fourth-order valence-corrected chi connectivity index (χ4v) is 5.88. The lowest BCUT2D eigenvalue weighted by atomic mass is 10.2. The van der Waals surface area contributed by atoms with E-state index in [9.17, 15) is 0 Å². The minimum absolute atomic E-state index is 0.0988. The molecule has 98 valence electrons. The van der Waals surface area contributed by atoms with Gasteiger partial charge in [0, 0.05) is 0 Å². The Kier molecular flexibility index (Phi) is 4.30. The Morgan fingerprint density at radius 2 is 0.737 bits per heavy atom. The molecule has 0 radical (unpaired) electrons. The molecule has 0 unspecified atom stereocenters. The van der Waals surface area contributed by atoms with Crippen LogP contribution in [0.4, 0.5) is 0 Å². The molecule has 3 aliphatic rings. The van der Waals surface area contributed by atoms with Crippen molar-refractivity contribution in [2.45, 2.75) is 0 Å². The van der Waals surface area contributed by atoms with Crippen LogP contribution in [0.2, 0.25) is 0 Å². The fraction of sp³-hybridized carbons (Fsp3) is 0.333. The predicted molar refractivity (Wildman–Crippen MR) is 86.8 cm³/mol. The Labute approximate surface area is 117 Å². The quantitative estimate of drug-likeness (QED) is 0.613. The molecule has 0 atom stereocenters. The lowest BCUT2D eigenvalue weighted by Crippen LogP contribution is -2.09. The summed E-state index contributed by atoms with van der Waals surface area (Å²) in [7, 11) is 0.0988. The first-order chi connectivity index (χ1) is 9.40. The van der Waals surface area contributed by atoms with E-state index in [1.807, 2.05) is 0 Å². The molecule has 0 N–H and O–H groups in total. The molecule has 0 saturated heterocycles. The predicted octanol–water partition coefficient (Wildman–Crippen LogP) is 4.69. The van der Waals surface area contributed by atoms with E-state index in [4.69, 9.17) is 0 Å². The summed E-state index contributed by atoms with van der Waals surface area (Å²) in [5.41, 5.74) is 0. The zero-order valence-electron chi connectivity index (χ0n) is 11.2. The van der Waals surface area contributed by atoms with Crippen LogP contribution in [0.5, 0.6) is 0 Å². The van der Waals surface area contributed by atoms with Crippen molar-refractivity contribution >= 4 is 7.92 Å². The van der Waals surface area contributed by atoms with Crippen molar-refractivity contribution in [2.75, 3.05) is 18.5 Å². The standard InChI is InChI=1S/C18H21P/c1-2-8-16(7-1)13-19(14-17-9-3-4-10-17)15-18-11-5-6-12-18/h1-12,16-18H,13-15H2. The molecule has 3 rings (SSSR count). The summed E-state index contributed by atoms with van der Waals surface area (Å²) in [5, 5.41) is 0. The summed E-state index contributed by atoms with van der Waals surface area (Å²) in [4.78, 5) is 0. The average molecular weight is 268 g/mol. The maximum absolute atomic E-state index is 2.36. The highest BCUT2D eigenvalue weighted by Crippen LogP contribution is 2.44. The maximum atomic E-state index is 2.36. The minimum Gasteiger partial charge on any atom is -0.104 e. The normalized spacial score (nSPS) is 21.9. The minimum atomic E-state index is 0.0988. The Morgan fingerprint density at radius 1 is 0.474 bits per heavy atom. The zero-order valence-corrected chi connectivity index (χ0v) is 12.1. The molecule has 0 saturated carbocycles. The van der Waals surface area contributed by atoms with E-state index in [-0.39, 0.29) is 7.92 Å². The fourth-order valence-electron chi connectivity index (χ4n) is 2.92. The van der Waals surface area contributed by atoms with Gasteiger partial charge in [-0.1, -0.05) is 72.9 Å². The van der Waals surface area contributed by atoms with Gasteiger partial charge in [0.25, 0.3) is 0 Å². The second-order valence-electron chi connectivity index (χ2n) is 5.52. The summed E-state index contributed by atoms with van der Waals surface area (Å²) in [6.07, 6.45) is 31.4. The van der Waals surface area contributed by atoms with Gasteiger partial charge in [-0.3, -0.25) is 0 Å². The summed E-state index contributed by atoms with van der Waals surface area (Å²) >= 11 is 0. The molecule has 0 aromatic carbocycles. The van der Waals surface area contributed by atoms with Gasteiger partial charge in [-0.05, 0) is 36.2 Å². The van der Waals surface area contributed by atoms with Crippen molar-refractivity contribution in [3.8, 4) is 0 Å². The van der Waals surface area contributed by atoms with Gasteiger partial charge in [0.05, 0.1) is 0 Å². The third-order valence-corrected chi connectivity index (χ3v) is 6.70. The van der Waals surface area contributed by atoms with E-state index in [1.54, 1.807) is 0 Å². The SMILES string of the molecule is C1=CC(CP(CC2C=CC=C2)CC2C=CC=C2)C=C1. The Balaban J connectivity index is 1.59. The molecule has 0 aromatic rings. The van der Waals surface area contributed by atoms with Crippen molar-refractivity contribution in [3.63, 3.8) is 0 Å². The van der Waals surface area contributed by atoms with Crippen molar-refractivity contribution in [1.82, 2.24) is 0 Å². The zero-order chi connectivity index (χ0) is 12.9. The highest BCUT2D eigenvalue weighted by Gasteiger charge is 2.20. The molecular formula is C18H21P.